The zero-order valence-corrected chi connectivity index (χ0v) is 12.7. The van der Waals surface area contributed by atoms with Crippen molar-refractivity contribution in [3.05, 3.63) is 22.5 Å². The van der Waals surface area contributed by atoms with E-state index in [2.05, 4.69) is 4.57 Å². The monoisotopic (exact) mass is 294 g/mol. The molecule has 21 heavy (non-hydrogen) atoms. The van der Waals surface area contributed by atoms with Gasteiger partial charge in [0.1, 0.15) is 0 Å². The van der Waals surface area contributed by atoms with Crippen molar-refractivity contribution in [2.24, 2.45) is 5.73 Å². The van der Waals surface area contributed by atoms with Gasteiger partial charge in [-0.3, -0.25) is 4.79 Å². The van der Waals surface area contributed by atoms with Gasteiger partial charge in [-0.2, -0.15) is 0 Å². The second-order valence-electron chi connectivity index (χ2n) is 5.49. The Hall–Kier alpha value is -1.82. The molecular weight excluding hydrogens is 272 g/mol. The molecule has 6 heteroatoms. The predicted octanol–water partition coefficient (Wildman–Crippen LogP) is 2.09. The van der Waals surface area contributed by atoms with E-state index in [1.807, 2.05) is 13.8 Å². The SMILES string of the molecule is CCOC(=O)c1c(C(N)CC(=O)O)c(C)n(C2CC2)c1C. The van der Waals surface area contributed by atoms with Crippen LogP contribution in [0.1, 0.15) is 65.6 Å². The Labute approximate surface area is 123 Å². The number of aliphatic carboxylic acids is 1. The van der Waals surface area contributed by atoms with E-state index >= 15 is 0 Å². The smallest absolute Gasteiger partial charge is 0.340 e. The number of aromatic nitrogens is 1. The van der Waals surface area contributed by atoms with Crippen molar-refractivity contribution in [1.82, 2.24) is 4.57 Å². The number of ether oxygens (including phenoxy) is 1. The third-order valence-electron chi connectivity index (χ3n) is 3.90. The van der Waals surface area contributed by atoms with Crippen molar-refractivity contribution in [2.45, 2.75) is 52.1 Å². The van der Waals surface area contributed by atoms with Crippen LogP contribution in [0.25, 0.3) is 0 Å². The molecule has 0 spiro atoms. The quantitative estimate of drug-likeness (QED) is 0.783. The van der Waals surface area contributed by atoms with E-state index in [4.69, 9.17) is 15.6 Å². The van der Waals surface area contributed by atoms with Crippen LogP contribution in [-0.2, 0) is 9.53 Å². The van der Waals surface area contributed by atoms with Gasteiger partial charge in [0.05, 0.1) is 18.6 Å². The number of hydrogen-bond acceptors (Lipinski definition) is 4. The van der Waals surface area contributed by atoms with Gasteiger partial charge in [0, 0.05) is 29.0 Å². The summed E-state index contributed by atoms with van der Waals surface area (Å²) in [5, 5.41) is 8.96. The highest BCUT2D eigenvalue weighted by molar-refractivity contribution is 5.93. The summed E-state index contributed by atoms with van der Waals surface area (Å²) < 4.78 is 7.22. The fourth-order valence-electron chi connectivity index (χ4n) is 2.96. The molecule has 1 aliphatic rings. The number of carboxylic acids is 1. The molecule has 0 bridgehead atoms. The van der Waals surface area contributed by atoms with E-state index < -0.39 is 18.0 Å². The Bertz CT molecular complexity index is 573. The van der Waals surface area contributed by atoms with Gasteiger partial charge >= 0.3 is 11.9 Å². The highest BCUT2D eigenvalue weighted by Gasteiger charge is 2.34. The highest BCUT2D eigenvalue weighted by atomic mass is 16.5. The van der Waals surface area contributed by atoms with Gasteiger partial charge < -0.3 is 20.1 Å². The summed E-state index contributed by atoms with van der Waals surface area (Å²) in [7, 11) is 0. The second-order valence-corrected chi connectivity index (χ2v) is 5.49. The summed E-state index contributed by atoms with van der Waals surface area (Å²) in [6.07, 6.45) is 1.94. The lowest BCUT2D eigenvalue weighted by Crippen LogP contribution is -2.19. The molecule has 3 N–H and O–H groups in total. The van der Waals surface area contributed by atoms with Crippen LogP contribution in [-0.4, -0.2) is 28.2 Å². The van der Waals surface area contributed by atoms with E-state index in [9.17, 15) is 9.59 Å². The number of nitrogens with zero attached hydrogens (tertiary/aromatic N) is 1. The van der Waals surface area contributed by atoms with Gasteiger partial charge in [-0.15, -0.1) is 0 Å². The molecule has 1 fully saturated rings. The minimum Gasteiger partial charge on any atom is -0.481 e. The zero-order chi connectivity index (χ0) is 15.7. The summed E-state index contributed by atoms with van der Waals surface area (Å²) in [6, 6.07) is -0.315. The van der Waals surface area contributed by atoms with Gasteiger partial charge in [0.25, 0.3) is 0 Å². The van der Waals surface area contributed by atoms with Crippen LogP contribution in [0.5, 0.6) is 0 Å². The molecule has 0 saturated heterocycles. The number of carbonyl (C=O) groups is 2. The fraction of sp³-hybridized carbons (Fsp3) is 0.600. The van der Waals surface area contributed by atoms with E-state index in [0.29, 0.717) is 17.2 Å². The van der Waals surface area contributed by atoms with Crippen molar-refractivity contribution >= 4 is 11.9 Å². The van der Waals surface area contributed by atoms with Crippen LogP contribution >= 0.6 is 0 Å². The normalized spacial score (nSPS) is 15.8. The first-order valence-corrected chi connectivity index (χ1v) is 7.24. The molecule has 1 aromatic heterocycles. The van der Waals surface area contributed by atoms with Gasteiger partial charge in [-0.25, -0.2) is 4.79 Å². The first-order valence-electron chi connectivity index (χ1n) is 7.24. The second kappa shape index (κ2) is 5.89. The van der Waals surface area contributed by atoms with Crippen LogP contribution in [0.4, 0.5) is 0 Å². The molecule has 1 atom stereocenters. The molecule has 0 radical (unpaired) electrons. The fourth-order valence-corrected chi connectivity index (χ4v) is 2.96. The zero-order valence-electron chi connectivity index (χ0n) is 12.7. The molecule has 0 aromatic carbocycles. The summed E-state index contributed by atoms with van der Waals surface area (Å²) in [5.41, 5.74) is 8.79. The summed E-state index contributed by atoms with van der Waals surface area (Å²) in [5.74, 6) is -1.40. The van der Waals surface area contributed by atoms with Crippen molar-refractivity contribution in [3.8, 4) is 0 Å². The first kappa shape index (κ1) is 15.6. The molecule has 116 valence electrons. The maximum Gasteiger partial charge on any atom is 0.340 e. The minimum atomic E-state index is -0.978. The van der Waals surface area contributed by atoms with Crippen LogP contribution in [0.2, 0.25) is 0 Å². The van der Waals surface area contributed by atoms with Gasteiger partial charge in [-0.05, 0) is 33.6 Å². The number of rotatable bonds is 6. The van der Waals surface area contributed by atoms with Crippen LogP contribution in [0.3, 0.4) is 0 Å². The molecule has 1 saturated carbocycles. The third kappa shape index (κ3) is 2.95. The van der Waals surface area contributed by atoms with Crippen LogP contribution in [0.15, 0.2) is 0 Å². The highest BCUT2D eigenvalue weighted by Crippen LogP contribution is 2.41. The Morgan fingerprint density at radius 3 is 2.48 bits per heavy atom. The van der Waals surface area contributed by atoms with E-state index in [1.165, 1.54) is 0 Å². The Kier molecular flexibility index (Phi) is 4.37. The molecule has 2 rings (SSSR count). The average molecular weight is 294 g/mol. The Balaban J connectivity index is 2.51. The van der Waals surface area contributed by atoms with E-state index in [0.717, 1.165) is 24.2 Å². The summed E-state index contributed by atoms with van der Waals surface area (Å²) in [4.78, 5) is 23.2. The molecule has 6 nitrogen and oxygen atoms in total. The van der Waals surface area contributed by atoms with E-state index in [1.54, 1.807) is 6.92 Å². The van der Waals surface area contributed by atoms with Crippen LogP contribution in [0, 0.1) is 13.8 Å². The lowest BCUT2D eigenvalue weighted by Gasteiger charge is -2.12. The van der Waals surface area contributed by atoms with Crippen molar-refractivity contribution in [1.29, 1.82) is 0 Å². The lowest BCUT2D eigenvalue weighted by molar-refractivity contribution is -0.137. The van der Waals surface area contributed by atoms with Gasteiger partial charge in [0.2, 0.25) is 0 Å². The third-order valence-corrected chi connectivity index (χ3v) is 3.90. The summed E-state index contributed by atoms with van der Waals surface area (Å²) in [6.45, 7) is 5.79. The molecule has 1 unspecified atom stereocenters. The number of esters is 1. The predicted molar refractivity (Wildman–Crippen MR) is 77.3 cm³/mol. The first-order chi connectivity index (χ1) is 9.88. The molecular formula is C15H22N2O4. The number of carbonyl (C=O) groups excluding carboxylic acids is 1. The molecule has 1 aliphatic carbocycles. The minimum absolute atomic E-state index is 0.207. The van der Waals surface area contributed by atoms with Gasteiger partial charge in [-0.1, -0.05) is 0 Å². The maximum atomic E-state index is 12.2. The standard InChI is InChI=1S/C15H22N2O4/c1-4-21-15(20)14-9(3)17(10-5-6-10)8(2)13(14)11(16)7-12(18)19/h10-11H,4-7,16H2,1-3H3,(H,18,19). The molecule has 1 aromatic rings. The average Bonchev–Trinajstić information content (AvgIpc) is 3.15. The van der Waals surface area contributed by atoms with Crippen molar-refractivity contribution in [3.63, 3.8) is 0 Å². The molecule has 1 heterocycles. The molecule has 0 amide bonds. The Morgan fingerprint density at radius 2 is 2.00 bits per heavy atom. The Morgan fingerprint density at radius 1 is 1.38 bits per heavy atom. The number of carboxylic acid groups (broad SMARTS) is 1. The van der Waals surface area contributed by atoms with Crippen molar-refractivity contribution < 1.29 is 19.4 Å². The molecule has 0 aliphatic heterocycles. The van der Waals surface area contributed by atoms with E-state index in [-0.39, 0.29) is 13.0 Å². The largest absolute Gasteiger partial charge is 0.481 e. The number of hydrogen-bond donors (Lipinski definition) is 2. The lowest BCUT2D eigenvalue weighted by atomic mass is 9.99. The topological polar surface area (TPSA) is 94.6 Å². The van der Waals surface area contributed by atoms with Gasteiger partial charge in [0.15, 0.2) is 0 Å². The number of nitrogens with two attached hydrogens (primary N) is 1. The summed E-state index contributed by atoms with van der Waals surface area (Å²) >= 11 is 0. The van der Waals surface area contributed by atoms with Crippen LogP contribution < -0.4 is 5.73 Å². The maximum absolute atomic E-state index is 12.2. The van der Waals surface area contributed by atoms with Crippen molar-refractivity contribution in [2.75, 3.05) is 6.61 Å².